The summed E-state index contributed by atoms with van der Waals surface area (Å²) < 4.78 is 0. The van der Waals surface area contributed by atoms with E-state index in [2.05, 4.69) is 24.1 Å². The van der Waals surface area contributed by atoms with Gasteiger partial charge in [-0.05, 0) is 49.8 Å². The third-order valence-electron chi connectivity index (χ3n) is 5.19. The zero-order chi connectivity index (χ0) is 14.2. The minimum Gasteiger partial charge on any atom is -0.508 e. The first-order chi connectivity index (χ1) is 9.60. The van der Waals surface area contributed by atoms with Crippen LogP contribution in [0.3, 0.4) is 0 Å². The average Bonchev–Trinajstić information content (AvgIpc) is 3.28. The second-order valence-electron chi connectivity index (χ2n) is 6.72. The molecule has 20 heavy (non-hydrogen) atoms. The fraction of sp³-hybridized carbons (Fsp3) is 0.647. The third kappa shape index (κ3) is 2.84. The standard InChI is InChI=1S/C17H26N2O/c1-3-17(2)12-18-16(14-6-7-14)11-19(17)10-13-4-8-15(20)9-5-13/h4-5,8-9,14,16,18,20H,3,6-7,10-12H2,1-2H3. The van der Waals surface area contributed by atoms with Crippen LogP contribution in [0.1, 0.15) is 38.7 Å². The van der Waals surface area contributed by atoms with Crippen molar-refractivity contribution >= 4 is 0 Å². The van der Waals surface area contributed by atoms with Crippen molar-refractivity contribution in [2.45, 2.75) is 51.2 Å². The molecule has 1 saturated heterocycles. The molecule has 2 N–H and O–H groups in total. The molecule has 0 amide bonds. The van der Waals surface area contributed by atoms with Crippen LogP contribution in [0.5, 0.6) is 5.75 Å². The highest BCUT2D eigenvalue weighted by Gasteiger charge is 2.41. The van der Waals surface area contributed by atoms with E-state index in [0.29, 0.717) is 11.8 Å². The van der Waals surface area contributed by atoms with Crippen molar-refractivity contribution in [3.63, 3.8) is 0 Å². The Kier molecular flexibility index (Phi) is 3.74. The van der Waals surface area contributed by atoms with Gasteiger partial charge in [-0.1, -0.05) is 19.1 Å². The van der Waals surface area contributed by atoms with Crippen molar-refractivity contribution in [1.82, 2.24) is 10.2 Å². The predicted molar refractivity (Wildman–Crippen MR) is 81.7 cm³/mol. The summed E-state index contributed by atoms with van der Waals surface area (Å²) in [6.07, 6.45) is 3.95. The molecule has 0 aromatic heterocycles. The van der Waals surface area contributed by atoms with Crippen LogP contribution in [0.25, 0.3) is 0 Å². The zero-order valence-corrected chi connectivity index (χ0v) is 12.6. The van der Waals surface area contributed by atoms with Crippen LogP contribution in [0.15, 0.2) is 24.3 Å². The molecule has 2 atom stereocenters. The van der Waals surface area contributed by atoms with Crippen LogP contribution in [-0.2, 0) is 6.54 Å². The Balaban J connectivity index is 1.73. The lowest BCUT2D eigenvalue weighted by Crippen LogP contribution is -2.63. The van der Waals surface area contributed by atoms with E-state index in [0.717, 1.165) is 32.0 Å². The molecule has 2 fully saturated rings. The number of rotatable bonds is 4. The molecule has 3 nitrogen and oxygen atoms in total. The van der Waals surface area contributed by atoms with Crippen LogP contribution < -0.4 is 5.32 Å². The van der Waals surface area contributed by atoms with E-state index >= 15 is 0 Å². The smallest absolute Gasteiger partial charge is 0.115 e. The third-order valence-corrected chi connectivity index (χ3v) is 5.19. The molecule has 1 aromatic carbocycles. The minimum absolute atomic E-state index is 0.239. The molecule has 1 aliphatic carbocycles. The van der Waals surface area contributed by atoms with E-state index < -0.39 is 0 Å². The number of aromatic hydroxyl groups is 1. The van der Waals surface area contributed by atoms with E-state index in [9.17, 15) is 5.11 Å². The van der Waals surface area contributed by atoms with Crippen molar-refractivity contribution < 1.29 is 5.11 Å². The molecule has 0 radical (unpaired) electrons. The van der Waals surface area contributed by atoms with Gasteiger partial charge in [0, 0.05) is 31.2 Å². The first-order valence-corrected chi connectivity index (χ1v) is 7.87. The summed E-state index contributed by atoms with van der Waals surface area (Å²) in [6.45, 7) is 7.86. The maximum Gasteiger partial charge on any atom is 0.115 e. The number of hydrogen-bond donors (Lipinski definition) is 2. The molecule has 2 unspecified atom stereocenters. The summed E-state index contributed by atoms with van der Waals surface area (Å²) in [7, 11) is 0. The molecule has 1 aromatic rings. The summed E-state index contributed by atoms with van der Waals surface area (Å²) in [5, 5.41) is 13.2. The van der Waals surface area contributed by atoms with E-state index in [-0.39, 0.29) is 5.54 Å². The van der Waals surface area contributed by atoms with Crippen LogP contribution in [0.4, 0.5) is 0 Å². The minimum atomic E-state index is 0.239. The maximum atomic E-state index is 9.41. The van der Waals surface area contributed by atoms with E-state index in [1.165, 1.54) is 18.4 Å². The largest absolute Gasteiger partial charge is 0.508 e. The van der Waals surface area contributed by atoms with Gasteiger partial charge >= 0.3 is 0 Å². The summed E-state index contributed by atoms with van der Waals surface area (Å²) in [4.78, 5) is 2.64. The topological polar surface area (TPSA) is 35.5 Å². The molecule has 110 valence electrons. The van der Waals surface area contributed by atoms with Crippen molar-refractivity contribution in [3.05, 3.63) is 29.8 Å². The molecular formula is C17H26N2O. The molecule has 1 heterocycles. The molecule has 2 aliphatic rings. The second-order valence-corrected chi connectivity index (χ2v) is 6.72. The van der Waals surface area contributed by atoms with Crippen molar-refractivity contribution in [2.75, 3.05) is 13.1 Å². The summed E-state index contributed by atoms with van der Waals surface area (Å²) in [5.41, 5.74) is 1.53. The summed E-state index contributed by atoms with van der Waals surface area (Å²) >= 11 is 0. The van der Waals surface area contributed by atoms with E-state index in [1.54, 1.807) is 12.1 Å². The fourth-order valence-electron chi connectivity index (χ4n) is 3.23. The zero-order valence-electron chi connectivity index (χ0n) is 12.6. The number of hydrogen-bond acceptors (Lipinski definition) is 3. The number of nitrogens with zero attached hydrogens (tertiary/aromatic N) is 1. The quantitative estimate of drug-likeness (QED) is 0.886. The number of piperazine rings is 1. The fourth-order valence-corrected chi connectivity index (χ4v) is 3.23. The van der Waals surface area contributed by atoms with Crippen molar-refractivity contribution in [3.8, 4) is 5.75 Å². The van der Waals surface area contributed by atoms with Gasteiger partial charge in [0.25, 0.3) is 0 Å². The van der Waals surface area contributed by atoms with Gasteiger partial charge in [0.2, 0.25) is 0 Å². The Bertz CT molecular complexity index is 455. The molecule has 3 rings (SSSR count). The SMILES string of the molecule is CCC1(C)CNC(C2CC2)CN1Cc1ccc(O)cc1. The van der Waals surface area contributed by atoms with E-state index in [1.807, 2.05) is 12.1 Å². The second kappa shape index (κ2) is 5.38. The number of phenolic OH excluding ortho intramolecular Hbond substituents is 1. The predicted octanol–water partition coefficient (Wildman–Crippen LogP) is 2.74. The highest BCUT2D eigenvalue weighted by Crippen LogP contribution is 2.36. The monoisotopic (exact) mass is 274 g/mol. The molecule has 3 heteroatoms. The van der Waals surface area contributed by atoms with E-state index in [4.69, 9.17) is 0 Å². The maximum absolute atomic E-state index is 9.41. The number of benzene rings is 1. The number of phenols is 1. The van der Waals surface area contributed by atoms with Gasteiger partial charge in [-0.3, -0.25) is 4.90 Å². The number of nitrogens with one attached hydrogen (secondary N) is 1. The van der Waals surface area contributed by atoms with Gasteiger partial charge in [0.15, 0.2) is 0 Å². The van der Waals surface area contributed by atoms with Crippen LogP contribution >= 0.6 is 0 Å². The molecule has 1 aliphatic heterocycles. The Morgan fingerprint density at radius 3 is 2.60 bits per heavy atom. The first kappa shape index (κ1) is 13.9. The van der Waals surface area contributed by atoms with Gasteiger partial charge in [0.05, 0.1) is 0 Å². The van der Waals surface area contributed by atoms with Crippen LogP contribution in [-0.4, -0.2) is 34.7 Å². The van der Waals surface area contributed by atoms with Crippen molar-refractivity contribution in [2.24, 2.45) is 5.92 Å². The summed E-state index contributed by atoms with van der Waals surface area (Å²) in [6, 6.07) is 8.34. The molecular weight excluding hydrogens is 248 g/mol. The Morgan fingerprint density at radius 1 is 1.30 bits per heavy atom. The average molecular weight is 274 g/mol. The Morgan fingerprint density at radius 2 is 2.00 bits per heavy atom. The Labute approximate surface area is 122 Å². The van der Waals surface area contributed by atoms with Gasteiger partial charge in [-0.15, -0.1) is 0 Å². The lowest BCUT2D eigenvalue weighted by atomic mass is 9.90. The molecule has 0 spiro atoms. The first-order valence-electron chi connectivity index (χ1n) is 7.87. The van der Waals surface area contributed by atoms with Gasteiger partial charge in [-0.2, -0.15) is 0 Å². The normalized spacial score (nSPS) is 31.4. The Hall–Kier alpha value is -1.06. The van der Waals surface area contributed by atoms with Gasteiger partial charge < -0.3 is 10.4 Å². The summed E-state index contributed by atoms with van der Waals surface area (Å²) in [5.74, 6) is 1.25. The molecule has 1 saturated carbocycles. The van der Waals surface area contributed by atoms with Crippen LogP contribution in [0.2, 0.25) is 0 Å². The van der Waals surface area contributed by atoms with Crippen LogP contribution in [0, 0.1) is 5.92 Å². The lowest BCUT2D eigenvalue weighted by molar-refractivity contribution is 0.0369. The van der Waals surface area contributed by atoms with Gasteiger partial charge in [-0.25, -0.2) is 0 Å². The highest BCUT2D eigenvalue weighted by molar-refractivity contribution is 5.26. The highest BCUT2D eigenvalue weighted by atomic mass is 16.3. The lowest BCUT2D eigenvalue weighted by Gasteiger charge is -2.48. The van der Waals surface area contributed by atoms with Crippen molar-refractivity contribution in [1.29, 1.82) is 0 Å². The molecule has 0 bridgehead atoms. The van der Waals surface area contributed by atoms with Gasteiger partial charge in [0.1, 0.15) is 5.75 Å².